The van der Waals surface area contributed by atoms with E-state index in [4.69, 9.17) is 4.74 Å². The molecule has 1 aromatic heterocycles. The molecule has 0 bridgehead atoms. The van der Waals surface area contributed by atoms with Crippen LogP contribution < -0.4 is 14.2 Å². The van der Waals surface area contributed by atoms with Crippen molar-refractivity contribution < 1.29 is 19.5 Å². The molecule has 1 unspecified atom stereocenters. The van der Waals surface area contributed by atoms with E-state index in [1.165, 1.54) is 11.3 Å². The van der Waals surface area contributed by atoms with Crippen molar-refractivity contribution in [3.8, 4) is 5.75 Å². The number of fused-ring (bicyclic) bond motifs is 2. The predicted octanol–water partition coefficient (Wildman–Crippen LogP) is 2.64. The average molecular weight is 396 g/mol. The average Bonchev–Trinajstić information content (AvgIpc) is 2.87. The largest absolute Gasteiger partial charge is 0.456 e. The third kappa shape index (κ3) is 2.87. The second kappa shape index (κ2) is 7.15. The van der Waals surface area contributed by atoms with Crippen LogP contribution in [0, 0.1) is 6.92 Å². The number of hydrogen-bond acceptors (Lipinski definition) is 4. The van der Waals surface area contributed by atoms with E-state index in [9.17, 15) is 10.2 Å². The molecule has 2 aliphatic heterocycles. The van der Waals surface area contributed by atoms with Gasteiger partial charge in [0, 0.05) is 44.5 Å². The summed E-state index contributed by atoms with van der Waals surface area (Å²) in [6.45, 7) is 7.50. The zero-order valence-corrected chi connectivity index (χ0v) is 17.8. The van der Waals surface area contributed by atoms with Crippen LogP contribution >= 0.6 is 0 Å². The number of aromatic nitrogens is 1. The van der Waals surface area contributed by atoms with Crippen LogP contribution in [0.25, 0.3) is 6.08 Å². The molecule has 2 N–H and O–H groups in total. The first-order valence-electron chi connectivity index (χ1n) is 10.4. The molecule has 0 saturated carbocycles. The Balaban J connectivity index is 1.86. The van der Waals surface area contributed by atoms with Crippen LogP contribution in [0.4, 0.5) is 5.69 Å². The minimum absolute atomic E-state index is 0.137. The molecule has 3 heterocycles. The van der Waals surface area contributed by atoms with Crippen LogP contribution in [0.3, 0.4) is 0 Å². The number of aliphatic hydroxyl groups excluding tert-OH is 2. The third-order valence-electron chi connectivity index (χ3n) is 6.61. The second-order valence-corrected chi connectivity index (χ2v) is 8.59. The molecule has 29 heavy (non-hydrogen) atoms. The molecule has 5 nitrogen and oxygen atoms in total. The van der Waals surface area contributed by atoms with Gasteiger partial charge in [-0.2, -0.15) is 4.57 Å². The molecule has 5 heteroatoms. The van der Waals surface area contributed by atoms with Crippen molar-refractivity contribution in [2.24, 2.45) is 7.05 Å². The van der Waals surface area contributed by atoms with Gasteiger partial charge in [0.05, 0.1) is 5.41 Å². The lowest BCUT2D eigenvalue weighted by Crippen LogP contribution is -2.60. The fraction of sp³-hybridized carbons (Fsp3) is 0.458. The lowest BCUT2D eigenvalue weighted by Gasteiger charge is -2.46. The zero-order valence-electron chi connectivity index (χ0n) is 17.8. The van der Waals surface area contributed by atoms with E-state index in [2.05, 4.69) is 79.8 Å². The molecule has 1 aromatic carbocycles. The monoisotopic (exact) mass is 395 g/mol. The van der Waals surface area contributed by atoms with Crippen molar-refractivity contribution in [1.29, 1.82) is 0 Å². The maximum atomic E-state index is 9.51. The summed E-state index contributed by atoms with van der Waals surface area (Å²) in [5.41, 5.74) is 4.72. The van der Waals surface area contributed by atoms with E-state index in [-0.39, 0.29) is 18.6 Å². The van der Waals surface area contributed by atoms with Crippen molar-refractivity contribution in [3.63, 3.8) is 0 Å². The Morgan fingerprint density at radius 2 is 1.90 bits per heavy atom. The molecular weight excluding hydrogens is 364 g/mol. The van der Waals surface area contributed by atoms with E-state index < -0.39 is 5.72 Å². The molecule has 0 fully saturated rings. The van der Waals surface area contributed by atoms with Gasteiger partial charge in [0.2, 0.25) is 11.4 Å². The number of ether oxygens (including phenoxy) is 1. The SMILES string of the molecule is Cc1ccc2c([n+]1C)C=CC1(O2)N(CCCO)c2ccc(CCO)cc2C1(C)C. The van der Waals surface area contributed by atoms with Crippen molar-refractivity contribution in [3.05, 3.63) is 58.9 Å². The number of rotatable bonds is 5. The number of aliphatic hydroxyl groups is 2. The highest BCUT2D eigenvalue weighted by atomic mass is 16.5. The summed E-state index contributed by atoms with van der Waals surface area (Å²) in [6, 6.07) is 10.6. The van der Waals surface area contributed by atoms with E-state index in [1.54, 1.807) is 0 Å². The molecule has 4 rings (SSSR count). The summed E-state index contributed by atoms with van der Waals surface area (Å²) in [6.07, 6.45) is 5.65. The van der Waals surface area contributed by atoms with E-state index in [0.29, 0.717) is 19.4 Å². The number of anilines is 1. The number of pyridine rings is 1. The predicted molar refractivity (Wildman–Crippen MR) is 114 cm³/mol. The van der Waals surface area contributed by atoms with Gasteiger partial charge in [-0.25, -0.2) is 0 Å². The maximum Gasteiger partial charge on any atom is 0.247 e. The lowest BCUT2D eigenvalue weighted by atomic mass is 9.76. The van der Waals surface area contributed by atoms with Gasteiger partial charge >= 0.3 is 0 Å². The summed E-state index contributed by atoms with van der Waals surface area (Å²) in [5, 5.41) is 18.9. The molecule has 0 saturated heterocycles. The Morgan fingerprint density at radius 3 is 2.62 bits per heavy atom. The van der Waals surface area contributed by atoms with Gasteiger partial charge in [-0.1, -0.05) is 12.1 Å². The summed E-state index contributed by atoms with van der Waals surface area (Å²) < 4.78 is 8.95. The Labute approximate surface area is 172 Å². The van der Waals surface area contributed by atoms with Crippen LogP contribution in [0.2, 0.25) is 0 Å². The summed E-state index contributed by atoms with van der Waals surface area (Å²) in [7, 11) is 2.05. The van der Waals surface area contributed by atoms with Crippen LogP contribution in [0.5, 0.6) is 5.75 Å². The van der Waals surface area contributed by atoms with Gasteiger partial charge in [0.15, 0.2) is 11.4 Å². The first-order valence-corrected chi connectivity index (χ1v) is 10.4. The first kappa shape index (κ1) is 19.9. The highest BCUT2D eigenvalue weighted by molar-refractivity contribution is 5.71. The Kier molecular flexibility index (Phi) is 4.91. The highest BCUT2D eigenvalue weighted by Crippen LogP contribution is 2.54. The minimum atomic E-state index is -0.669. The Morgan fingerprint density at radius 1 is 1.10 bits per heavy atom. The van der Waals surface area contributed by atoms with Gasteiger partial charge in [0.25, 0.3) is 0 Å². The minimum Gasteiger partial charge on any atom is -0.456 e. The zero-order chi connectivity index (χ0) is 20.8. The van der Waals surface area contributed by atoms with Crippen LogP contribution in [0.1, 0.15) is 42.8 Å². The standard InChI is InChI=1S/C24H31N2O3/c1-17-6-9-22-21(25(17)4)10-12-24(29-22)23(2,3)19-16-18(11-15-28)7-8-20(19)26(24)13-5-14-27/h6-10,12,16,27-28H,5,11,13-15H2,1-4H3/q+1. The maximum absolute atomic E-state index is 9.51. The van der Waals surface area contributed by atoms with Crippen LogP contribution in [-0.4, -0.2) is 35.7 Å². The van der Waals surface area contributed by atoms with Gasteiger partial charge < -0.3 is 19.8 Å². The smallest absolute Gasteiger partial charge is 0.247 e. The molecule has 2 aliphatic rings. The third-order valence-corrected chi connectivity index (χ3v) is 6.61. The van der Waals surface area contributed by atoms with Crippen molar-refractivity contribution >= 4 is 11.8 Å². The van der Waals surface area contributed by atoms with Gasteiger partial charge in [-0.05, 0) is 56.0 Å². The number of aryl methyl sites for hydroxylation is 1. The second-order valence-electron chi connectivity index (χ2n) is 8.59. The highest BCUT2D eigenvalue weighted by Gasteiger charge is 2.59. The van der Waals surface area contributed by atoms with Crippen molar-refractivity contribution in [2.45, 2.75) is 44.8 Å². The molecule has 1 atom stereocenters. The summed E-state index contributed by atoms with van der Waals surface area (Å²) >= 11 is 0. The Hall–Kier alpha value is -2.37. The van der Waals surface area contributed by atoms with Crippen LogP contribution in [0.15, 0.2) is 36.4 Å². The van der Waals surface area contributed by atoms with Crippen molar-refractivity contribution in [2.75, 3.05) is 24.7 Å². The molecule has 0 radical (unpaired) electrons. The molecule has 0 aliphatic carbocycles. The molecule has 154 valence electrons. The lowest BCUT2D eigenvalue weighted by molar-refractivity contribution is -0.680. The summed E-state index contributed by atoms with van der Waals surface area (Å²) in [5.74, 6) is 0.867. The Bertz CT molecular complexity index is 967. The topological polar surface area (TPSA) is 56.8 Å². The van der Waals surface area contributed by atoms with E-state index in [1.807, 2.05) is 0 Å². The van der Waals surface area contributed by atoms with Gasteiger partial charge in [0.1, 0.15) is 7.05 Å². The quantitative estimate of drug-likeness (QED) is 0.765. The number of hydrogen-bond donors (Lipinski definition) is 2. The van der Waals surface area contributed by atoms with Crippen molar-refractivity contribution in [1.82, 2.24) is 0 Å². The fourth-order valence-electron chi connectivity index (χ4n) is 4.73. The molecule has 1 spiro atoms. The number of benzene rings is 1. The fourth-order valence-corrected chi connectivity index (χ4v) is 4.73. The summed E-state index contributed by atoms with van der Waals surface area (Å²) in [4.78, 5) is 2.29. The van der Waals surface area contributed by atoms with E-state index in [0.717, 1.165) is 22.7 Å². The first-order chi connectivity index (χ1) is 13.9. The van der Waals surface area contributed by atoms with Gasteiger partial charge in [-0.3, -0.25) is 0 Å². The van der Waals surface area contributed by atoms with Gasteiger partial charge in [-0.15, -0.1) is 0 Å². The molecular formula is C24H31N2O3+. The molecule has 2 aromatic rings. The molecule has 0 amide bonds. The number of nitrogens with zero attached hydrogens (tertiary/aromatic N) is 2. The van der Waals surface area contributed by atoms with Crippen LogP contribution in [-0.2, 0) is 18.9 Å². The normalized spacial score (nSPS) is 21.2. The van der Waals surface area contributed by atoms with E-state index >= 15 is 0 Å².